The van der Waals surface area contributed by atoms with Crippen LogP contribution in [0.3, 0.4) is 0 Å². The lowest BCUT2D eigenvalue weighted by atomic mass is 10.1. The molecule has 198 valence electrons. The highest BCUT2D eigenvalue weighted by Gasteiger charge is 2.31. The van der Waals surface area contributed by atoms with Gasteiger partial charge >= 0.3 is 6.36 Å². The average molecular weight is 591 g/mol. The van der Waals surface area contributed by atoms with Gasteiger partial charge in [-0.05, 0) is 48.0 Å². The summed E-state index contributed by atoms with van der Waals surface area (Å²) in [5.74, 6) is -0.597. The van der Waals surface area contributed by atoms with Crippen LogP contribution in [0.2, 0.25) is 10.0 Å². The Hall–Kier alpha value is -3.98. The first-order chi connectivity index (χ1) is 18.5. The van der Waals surface area contributed by atoms with Crippen LogP contribution in [-0.4, -0.2) is 22.2 Å². The molecule has 0 aliphatic heterocycles. The molecular weight excluding hydrogens is 576 g/mol. The minimum atomic E-state index is -4.91. The zero-order valence-electron chi connectivity index (χ0n) is 19.5. The highest BCUT2D eigenvalue weighted by molar-refractivity contribution is 7.98. The van der Waals surface area contributed by atoms with Crippen LogP contribution in [-0.2, 0) is 5.75 Å². The fourth-order valence-electron chi connectivity index (χ4n) is 3.41. The minimum absolute atomic E-state index is 0.0842. The summed E-state index contributed by atoms with van der Waals surface area (Å²) in [6, 6.07) is 18.1. The van der Waals surface area contributed by atoms with Gasteiger partial charge < -0.3 is 15.0 Å². The van der Waals surface area contributed by atoms with Gasteiger partial charge in [0.2, 0.25) is 0 Å². The number of nitrogens with one attached hydrogen (secondary N) is 2. The number of hydrogen-bond acceptors (Lipinski definition) is 6. The van der Waals surface area contributed by atoms with E-state index in [0.29, 0.717) is 22.0 Å². The molecule has 1 aromatic heterocycles. The van der Waals surface area contributed by atoms with E-state index in [1.807, 2.05) is 0 Å². The quantitative estimate of drug-likeness (QED) is 0.176. The number of aromatic nitrogens is 2. The molecule has 2 N–H and O–H groups in total. The number of benzene rings is 3. The Balaban J connectivity index is 1.53. The van der Waals surface area contributed by atoms with Gasteiger partial charge in [0, 0.05) is 22.6 Å². The molecule has 7 nitrogen and oxygen atoms in total. The molecule has 1 heterocycles. The molecule has 4 rings (SSSR count). The Bertz CT molecular complexity index is 1650. The highest BCUT2D eigenvalue weighted by atomic mass is 35.5. The average Bonchev–Trinajstić information content (AvgIpc) is 2.88. The molecule has 0 saturated heterocycles. The number of H-pyrrole nitrogens is 1. The second-order valence-corrected chi connectivity index (χ2v) is 9.63. The van der Waals surface area contributed by atoms with Crippen molar-refractivity contribution in [3.63, 3.8) is 0 Å². The van der Waals surface area contributed by atoms with Crippen LogP contribution in [0.15, 0.2) is 76.7 Å². The van der Waals surface area contributed by atoms with Crippen molar-refractivity contribution in [3.8, 4) is 23.1 Å². The van der Waals surface area contributed by atoms with Gasteiger partial charge in [0.05, 0.1) is 15.7 Å². The molecule has 0 unspecified atom stereocenters. The highest BCUT2D eigenvalue weighted by Crippen LogP contribution is 2.30. The number of rotatable bonds is 7. The monoisotopic (exact) mass is 590 g/mol. The van der Waals surface area contributed by atoms with Gasteiger partial charge in [-0.3, -0.25) is 9.59 Å². The molecule has 0 bridgehead atoms. The van der Waals surface area contributed by atoms with Crippen LogP contribution in [0.1, 0.15) is 21.5 Å². The van der Waals surface area contributed by atoms with Gasteiger partial charge in [-0.1, -0.05) is 59.2 Å². The Morgan fingerprint density at radius 2 is 1.85 bits per heavy atom. The lowest BCUT2D eigenvalue weighted by Gasteiger charge is -2.11. The number of hydrogen-bond donors (Lipinski definition) is 2. The topological polar surface area (TPSA) is 108 Å². The lowest BCUT2D eigenvalue weighted by Crippen LogP contribution is -2.17. The van der Waals surface area contributed by atoms with Gasteiger partial charge in [-0.15, -0.1) is 13.2 Å². The number of carbonyl (C=O) groups excluding carboxylic acids is 1. The number of halogens is 5. The third kappa shape index (κ3) is 7.32. The molecule has 0 radical (unpaired) electrons. The van der Waals surface area contributed by atoms with Crippen LogP contribution < -0.4 is 15.6 Å². The number of anilines is 1. The molecule has 0 aliphatic rings. The van der Waals surface area contributed by atoms with Crippen molar-refractivity contribution in [1.82, 2.24) is 9.97 Å². The van der Waals surface area contributed by atoms with E-state index < -0.39 is 23.6 Å². The minimum Gasteiger partial charge on any atom is -0.406 e. The van der Waals surface area contributed by atoms with Crippen molar-refractivity contribution in [2.45, 2.75) is 17.3 Å². The third-order valence-electron chi connectivity index (χ3n) is 5.09. The summed E-state index contributed by atoms with van der Waals surface area (Å²) in [6.07, 6.45) is -4.91. The summed E-state index contributed by atoms with van der Waals surface area (Å²) in [5.41, 5.74) is 0.520. The molecule has 0 fully saturated rings. The van der Waals surface area contributed by atoms with Gasteiger partial charge in [-0.2, -0.15) is 5.26 Å². The maximum Gasteiger partial charge on any atom is 0.573 e. The van der Waals surface area contributed by atoms with Crippen LogP contribution in [0, 0.1) is 11.3 Å². The SMILES string of the molecule is N#Cc1c(-c2cccc(OC(F)(F)F)c2)nc(SCc2cccc(NC(=O)c3ccc(Cl)c(Cl)c3)c2)[nH]c1=O. The van der Waals surface area contributed by atoms with Crippen molar-refractivity contribution < 1.29 is 22.7 Å². The van der Waals surface area contributed by atoms with E-state index in [-0.39, 0.29) is 27.0 Å². The van der Waals surface area contributed by atoms with E-state index in [1.54, 1.807) is 36.4 Å². The van der Waals surface area contributed by atoms with Crippen LogP contribution in [0.5, 0.6) is 5.75 Å². The Kier molecular flexibility index (Phi) is 8.50. The zero-order chi connectivity index (χ0) is 28.2. The summed E-state index contributed by atoms with van der Waals surface area (Å²) >= 11 is 13.0. The molecule has 39 heavy (non-hydrogen) atoms. The number of nitrogens with zero attached hydrogens (tertiary/aromatic N) is 2. The third-order valence-corrected chi connectivity index (χ3v) is 6.78. The number of ether oxygens (including phenoxy) is 1. The zero-order valence-corrected chi connectivity index (χ0v) is 21.8. The van der Waals surface area contributed by atoms with Gasteiger partial charge in [0.1, 0.15) is 17.4 Å². The number of aromatic amines is 1. The summed E-state index contributed by atoms with van der Waals surface area (Å²) in [7, 11) is 0. The molecule has 3 aromatic carbocycles. The van der Waals surface area contributed by atoms with Crippen LogP contribution >= 0.6 is 35.0 Å². The van der Waals surface area contributed by atoms with Crippen LogP contribution in [0.25, 0.3) is 11.3 Å². The first-order valence-electron chi connectivity index (χ1n) is 10.9. The van der Waals surface area contributed by atoms with Crippen LogP contribution in [0.4, 0.5) is 18.9 Å². The number of carbonyl (C=O) groups is 1. The summed E-state index contributed by atoms with van der Waals surface area (Å²) in [4.78, 5) is 31.9. The standard InChI is InChI=1S/C26H15Cl2F3N4O3S/c27-20-8-7-16(11-21(20)28)23(36)33-17-5-1-3-14(9-17)13-39-25-34-22(19(12-32)24(37)35-25)15-4-2-6-18(10-15)38-26(29,30)31/h1-11H,13H2,(H,33,36)(H,34,35,37). The molecule has 0 aliphatic carbocycles. The lowest BCUT2D eigenvalue weighted by molar-refractivity contribution is -0.274. The van der Waals surface area contributed by atoms with E-state index in [2.05, 4.69) is 20.0 Å². The first kappa shape index (κ1) is 28.0. The fourth-order valence-corrected chi connectivity index (χ4v) is 4.51. The second-order valence-electron chi connectivity index (χ2n) is 7.85. The van der Waals surface area contributed by atoms with Crippen molar-refractivity contribution in [1.29, 1.82) is 5.26 Å². The molecule has 0 spiro atoms. The molecule has 1 amide bonds. The predicted octanol–water partition coefficient (Wildman–Crippen LogP) is 7.06. The van der Waals surface area contributed by atoms with E-state index in [1.165, 1.54) is 24.3 Å². The van der Waals surface area contributed by atoms with E-state index in [9.17, 15) is 28.0 Å². The maximum atomic E-state index is 12.6. The second kappa shape index (κ2) is 11.8. The number of nitriles is 1. The normalized spacial score (nSPS) is 11.1. The summed E-state index contributed by atoms with van der Waals surface area (Å²) in [5, 5.41) is 12.9. The molecule has 13 heteroatoms. The fraction of sp³-hybridized carbons (Fsp3) is 0.0769. The molecule has 0 atom stereocenters. The number of amides is 1. The smallest absolute Gasteiger partial charge is 0.406 e. The van der Waals surface area contributed by atoms with E-state index >= 15 is 0 Å². The van der Waals surface area contributed by atoms with E-state index in [4.69, 9.17) is 23.2 Å². The van der Waals surface area contributed by atoms with Crippen molar-refractivity contribution in [2.75, 3.05) is 5.32 Å². The van der Waals surface area contributed by atoms with E-state index in [0.717, 1.165) is 29.5 Å². The van der Waals surface area contributed by atoms with Crippen molar-refractivity contribution >= 4 is 46.6 Å². The Morgan fingerprint density at radius 3 is 2.56 bits per heavy atom. The van der Waals surface area contributed by atoms with Gasteiger partial charge in [0.15, 0.2) is 5.16 Å². The predicted molar refractivity (Wildman–Crippen MR) is 142 cm³/mol. The van der Waals surface area contributed by atoms with Gasteiger partial charge in [-0.25, -0.2) is 4.98 Å². The Morgan fingerprint density at radius 1 is 1.08 bits per heavy atom. The first-order valence-corrected chi connectivity index (χ1v) is 12.7. The molecule has 4 aromatic rings. The summed E-state index contributed by atoms with van der Waals surface area (Å²) < 4.78 is 41.9. The van der Waals surface area contributed by atoms with Crippen molar-refractivity contribution in [2.24, 2.45) is 0 Å². The summed E-state index contributed by atoms with van der Waals surface area (Å²) in [6.45, 7) is 0. The Labute approximate surface area is 233 Å². The number of thioether (sulfide) groups is 1. The van der Waals surface area contributed by atoms with Gasteiger partial charge in [0.25, 0.3) is 11.5 Å². The maximum absolute atomic E-state index is 12.6. The molecular formula is C26H15Cl2F3N4O3S. The largest absolute Gasteiger partial charge is 0.573 e. The number of alkyl halides is 3. The van der Waals surface area contributed by atoms with Crippen molar-refractivity contribution in [3.05, 3.63) is 104 Å². The molecule has 0 saturated carbocycles.